The number of carbonyl (C=O) groups is 1. The van der Waals surface area contributed by atoms with E-state index in [0.29, 0.717) is 11.3 Å². The first-order valence-corrected chi connectivity index (χ1v) is 7.54. The van der Waals surface area contributed by atoms with Gasteiger partial charge in [-0.15, -0.1) is 0 Å². The minimum absolute atomic E-state index is 0.135. The summed E-state index contributed by atoms with van der Waals surface area (Å²) in [7, 11) is 1.55. The number of amides is 1. The minimum Gasteiger partial charge on any atom is -0.497 e. The molecule has 0 saturated carbocycles. The fourth-order valence-corrected chi connectivity index (χ4v) is 2.68. The average Bonchev–Trinajstić information content (AvgIpc) is 2.59. The van der Waals surface area contributed by atoms with Crippen LogP contribution in [0.5, 0.6) is 5.75 Å². The number of carbonyl (C=O) groups excluding carboxylic acids is 1. The number of aryl methyl sites for hydroxylation is 1. The Morgan fingerprint density at radius 2 is 1.88 bits per heavy atom. The van der Waals surface area contributed by atoms with Crippen LogP contribution in [0.4, 0.5) is 8.78 Å². The van der Waals surface area contributed by atoms with Crippen molar-refractivity contribution < 1.29 is 18.3 Å². The number of alkyl halides is 2. The summed E-state index contributed by atoms with van der Waals surface area (Å²) in [6.07, 6.45) is 1.37. The Balaban J connectivity index is 1.92. The molecule has 0 atom stereocenters. The third-order valence-corrected chi connectivity index (χ3v) is 4.08. The van der Waals surface area contributed by atoms with Gasteiger partial charge in [0.2, 0.25) is 0 Å². The van der Waals surface area contributed by atoms with Crippen molar-refractivity contribution in [1.29, 1.82) is 0 Å². The number of hydrogen-bond donors (Lipinski definition) is 0. The summed E-state index contributed by atoms with van der Waals surface area (Å²) in [5, 5.41) is 0. The van der Waals surface area contributed by atoms with Gasteiger partial charge in [0, 0.05) is 0 Å². The van der Waals surface area contributed by atoms with Crippen molar-refractivity contribution >= 4 is 12.0 Å². The van der Waals surface area contributed by atoms with E-state index in [9.17, 15) is 13.6 Å². The standard InChI is InChI=1S/C19H17F2NO2/c1-13-10-16(24-2)9-8-15(13)11-17-19(20,21)18(23)22(17)12-14-6-4-3-5-7-14/h3-11H,12H2,1-2H3/b17-11-. The van der Waals surface area contributed by atoms with Crippen molar-refractivity contribution in [1.82, 2.24) is 4.90 Å². The van der Waals surface area contributed by atoms with Crippen LogP contribution < -0.4 is 4.74 Å². The van der Waals surface area contributed by atoms with Crippen LogP contribution in [0.1, 0.15) is 16.7 Å². The van der Waals surface area contributed by atoms with Gasteiger partial charge in [0.05, 0.1) is 13.7 Å². The number of rotatable bonds is 4. The van der Waals surface area contributed by atoms with Crippen molar-refractivity contribution in [2.75, 3.05) is 7.11 Å². The summed E-state index contributed by atoms with van der Waals surface area (Å²) in [6, 6.07) is 14.3. The third-order valence-electron chi connectivity index (χ3n) is 4.08. The van der Waals surface area contributed by atoms with E-state index >= 15 is 0 Å². The summed E-state index contributed by atoms with van der Waals surface area (Å²) in [5.41, 5.74) is 1.97. The number of nitrogens with zero attached hydrogens (tertiary/aromatic N) is 1. The number of halogens is 2. The van der Waals surface area contributed by atoms with Gasteiger partial charge in [-0.3, -0.25) is 9.69 Å². The lowest BCUT2D eigenvalue weighted by Crippen LogP contribution is -2.58. The molecule has 5 heteroatoms. The van der Waals surface area contributed by atoms with Crippen LogP contribution >= 0.6 is 0 Å². The van der Waals surface area contributed by atoms with Crippen LogP contribution in [0.2, 0.25) is 0 Å². The van der Waals surface area contributed by atoms with Gasteiger partial charge >= 0.3 is 11.8 Å². The molecule has 0 spiro atoms. The number of methoxy groups -OCH3 is 1. The van der Waals surface area contributed by atoms with E-state index in [1.165, 1.54) is 6.08 Å². The molecule has 3 nitrogen and oxygen atoms in total. The largest absolute Gasteiger partial charge is 0.497 e. The summed E-state index contributed by atoms with van der Waals surface area (Å²) in [6.45, 7) is 1.95. The highest BCUT2D eigenvalue weighted by molar-refractivity contribution is 5.98. The van der Waals surface area contributed by atoms with E-state index in [0.717, 1.165) is 16.0 Å². The molecule has 124 valence electrons. The molecule has 24 heavy (non-hydrogen) atoms. The molecule has 3 rings (SSSR count). The Hall–Kier alpha value is -2.69. The van der Waals surface area contributed by atoms with Crippen LogP contribution in [0, 0.1) is 6.92 Å². The van der Waals surface area contributed by atoms with Gasteiger partial charge in [-0.2, -0.15) is 8.78 Å². The zero-order valence-electron chi connectivity index (χ0n) is 13.4. The predicted molar refractivity (Wildman–Crippen MR) is 87.6 cm³/mol. The molecule has 1 aliphatic rings. The summed E-state index contributed by atoms with van der Waals surface area (Å²) in [4.78, 5) is 12.9. The molecule has 1 saturated heterocycles. The normalized spacial score (nSPS) is 17.8. The quantitative estimate of drug-likeness (QED) is 0.793. The molecule has 1 amide bonds. The van der Waals surface area contributed by atoms with Gasteiger partial charge in [0.1, 0.15) is 11.4 Å². The maximum Gasteiger partial charge on any atom is 0.364 e. The zero-order valence-corrected chi connectivity index (χ0v) is 13.4. The second kappa shape index (κ2) is 6.07. The van der Waals surface area contributed by atoms with Gasteiger partial charge in [-0.1, -0.05) is 36.4 Å². The highest BCUT2D eigenvalue weighted by atomic mass is 19.3. The number of likely N-dealkylation sites (tertiary alicyclic amines) is 1. The molecule has 1 heterocycles. The summed E-state index contributed by atoms with van der Waals surface area (Å²) in [5.74, 6) is -3.95. The Labute approximate surface area is 139 Å². The number of ether oxygens (including phenoxy) is 1. The highest BCUT2D eigenvalue weighted by Crippen LogP contribution is 2.42. The van der Waals surface area contributed by atoms with Crippen molar-refractivity contribution in [3.63, 3.8) is 0 Å². The molecule has 0 radical (unpaired) electrons. The number of benzene rings is 2. The van der Waals surface area contributed by atoms with Gasteiger partial charge < -0.3 is 4.74 Å². The molecule has 0 aliphatic carbocycles. The smallest absolute Gasteiger partial charge is 0.364 e. The Bertz CT molecular complexity index is 800. The molecule has 2 aromatic rings. The Morgan fingerprint density at radius 1 is 1.17 bits per heavy atom. The zero-order chi connectivity index (χ0) is 17.3. The fraction of sp³-hybridized carbons (Fsp3) is 0.211. The first-order chi connectivity index (χ1) is 11.4. The molecule has 0 aromatic heterocycles. The third kappa shape index (κ3) is 2.77. The first-order valence-electron chi connectivity index (χ1n) is 7.54. The highest BCUT2D eigenvalue weighted by Gasteiger charge is 2.59. The predicted octanol–water partition coefficient (Wildman–Crippen LogP) is 4.02. The monoisotopic (exact) mass is 329 g/mol. The molecular formula is C19H17F2NO2. The van der Waals surface area contributed by atoms with Crippen LogP contribution in [0.3, 0.4) is 0 Å². The lowest BCUT2D eigenvalue weighted by Gasteiger charge is -2.40. The van der Waals surface area contributed by atoms with E-state index in [-0.39, 0.29) is 12.2 Å². The lowest BCUT2D eigenvalue weighted by atomic mass is 9.97. The van der Waals surface area contributed by atoms with Crippen molar-refractivity contribution in [2.24, 2.45) is 0 Å². The lowest BCUT2D eigenvalue weighted by molar-refractivity contribution is -0.170. The van der Waals surface area contributed by atoms with Crippen LogP contribution in [0.25, 0.3) is 6.08 Å². The van der Waals surface area contributed by atoms with E-state index in [2.05, 4.69) is 0 Å². The summed E-state index contributed by atoms with van der Waals surface area (Å²) >= 11 is 0. The molecule has 0 unspecified atom stereocenters. The number of β-lactam (4-membered cyclic amide) rings is 1. The van der Waals surface area contributed by atoms with Gasteiger partial charge in [-0.25, -0.2) is 0 Å². The van der Waals surface area contributed by atoms with E-state index in [4.69, 9.17) is 4.74 Å². The van der Waals surface area contributed by atoms with Gasteiger partial charge in [0.15, 0.2) is 0 Å². The van der Waals surface area contributed by atoms with Crippen molar-refractivity contribution in [2.45, 2.75) is 19.4 Å². The maximum absolute atomic E-state index is 14.0. The second-order valence-corrected chi connectivity index (χ2v) is 5.70. The second-order valence-electron chi connectivity index (χ2n) is 5.70. The fourth-order valence-electron chi connectivity index (χ4n) is 2.68. The average molecular weight is 329 g/mol. The minimum atomic E-state index is -3.44. The van der Waals surface area contributed by atoms with Crippen LogP contribution in [-0.4, -0.2) is 23.8 Å². The maximum atomic E-state index is 14.0. The summed E-state index contributed by atoms with van der Waals surface area (Å²) < 4.78 is 33.2. The van der Waals surface area contributed by atoms with Crippen molar-refractivity contribution in [3.8, 4) is 5.75 Å². The molecule has 0 bridgehead atoms. The Kier molecular flexibility index (Phi) is 4.09. The van der Waals surface area contributed by atoms with Crippen molar-refractivity contribution in [3.05, 3.63) is 70.9 Å². The van der Waals surface area contributed by atoms with E-state index in [1.807, 2.05) is 25.1 Å². The first kappa shape index (κ1) is 16.2. The SMILES string of the molecule is COc1ccc(/C=C2\N(Cc3ccccc3)C(=O)C2(F)F)c(C)c1. The Morgan fingerprint density at radius 3 is 2.50 bits per heavy atom. The molecular weight excluding hydrogens is 312 g/mol. The van der Waals surface area contributed by atoms with E-state index < -0.39 is 11.8 Å². The molecule has 1 fully saturated rings. The molecule has 0 N–H and O–H groups in total. The van der Waals surface area contributed by atoms with Gasteiger partial charge in [0.25, 0.3) is 0 Å². The molecule has 1 aliphatic heterocycles. The van der Waals surface area contributed by atoms with Gasteiger partial charge in [-0.05, 0) is 41.8 Å². The van der Waals surface area contributed by atoms with Crippen LogP contribution in [0.15, 0.2) is 54.2 Å². The van der Waals surface area contributed by atoms with E-state index in [1.54, 1.807) is 37.4 Å². The molecule has 2 aromatic carbocycles. The number of hydrogen-bond acceptors (Lipinski definition) is 2. The van der Waals surface area contributed by atoms with Crippen LogP contribution in [-0.2, 0) is 11.3 Å². The topological polar surface area (TPSA) is 29.5 Å².